The molecule has 1 aliphatic heterocycles. The van der Waals surface area contributed by atoms with Crippen LogP contribution in [0.15, 0.2) is 30.6 Å². The number of nitrogens with one attached hydrogen (secondary N) is 1. The van der Waals surface area contributed by atoms with Crippen molar-refractivity contribution in [2.24, 2.45) is 0 Å². The molecule has 0 spiro atoms. The second-order valence-electron chi connectivity index (χ2n) is 8.29. The first-order chi connectivity index (χ1) is 15.0. The lowest BCUT2D eigenvalue weighted by atomic mass is 10.1. The Labute approximate surface area is 183 Å². The zero-order valence-corrected chi connectivity index (χ0v) is 18.5. The van der Waals surface area contributed by atoms with Crippen molar-refractivity contribution in [3.63, 3.8) is 0 Å². The molecule has 0 bridgehead atoms. The first-order valence-electron chi connectivity index (χ1n) is 10.7. The number of hydrogen-bond acceptors (Lipinski definition) is 7. The van der Waals surface area contributed by atoms with Gasteiger partial charge in [0.2, 0.25) is 5.95 Å². The van der Waals surface area contributed by atoms with Crippen LogP contribution in [0.1, 0.15) is 67.1 Å². The fourth-order valence-electron chi connectivity index (χ4n) is 4.26. The van der Waals surface area contributed by atoms with E-state index in [-0.39, 0.29) is 6.04 Å². The smallest absolute Gasteiger partial charge is 0.227 e. The first-order valence-corrected chi connectivity index (χ1v) is 10.7. The van der Waals surface area contributed by atoms with Gasteiger partial charge in [-0.3, -0.25) is 9.58 Å². The average molecular weight is 417 g/mol. The van der Waals surface area contributed by atoms with Crippen molar-refractivity contribution in [2.45, 2.75) is 59.2 Å². The molecule has 4 rings (SSSR count). The molecule has 0 saturated carbocycles. The van der Waals surface area contributed by atoms with Crippen LogP contribution in [0, 0.1) is 25.2 Å². The van der Waals surface area contributed by atoms with E-state index in [1.54, 1.807) is 24.5 Å². The molecule has 0 aliphatic carbocycles. The normalized spacial score (nSPS) is 16.6. The second kappa shape index (κ2) is 8.82. The zero-order chi connectivity index (χ0) is 22.0. The molecular formula is C23H28N8. The third-order valence-electron chi connectivity index (χ3n) is 5.84. The predicted octanol–water partition coefficient (Wildman–Crippen LogP) is 4.22. The Hall–Kier alpha value is -3.31. The summed E-state index contributed by atoms with van der Waals surface area (Å²) in [5, 5.41) is 16.8. The minimum Gasteiger partial charge on any atom is -0.323 e. The number of anilines is 2. The molecule has 3 aromatic heterocycles. The lowest BCUT2D eigenvalue weighted by molar-refractivity contribution is 0.243. The molecule has 1 N–H and O–H groups in total. The zero-order valence-electron chi connectivity index (χ0n) is 18.5. The van der Waals surface area contributed by atoms with E-state index in [1.165, 1.54) is 11.3 Å². The molecule has 1 fully saturated rings. The Morgan fingerprint density at radius 2 is 2.06 bits per heavy atom. The van der Waals surface area contributed by atoms with Gasteiger partial charge in [-0.2, -0.15) is 10.4 Å². The van der Waals surface area contributed by atoms with Crippen LogP contribution in [0.4, 0.5) is 11.6 Å². The van der Waals surface area contributed by atoms with Crippen molar-refractivity contribution in [2.75, 3.05) is 11.9 Å². The molecule has 31 heavy (non-hydrogen) atoms. The fourth-order valence-corrected chi connectivity index (χ4v) is 4.26. The molecule has 0 amide bonds. The van der Waals surface area contributed by atoms with Gasteiger partial charge in [-0.1, -0.05) is 0 Å². The molecule has 4 heterocycles. The Bertz CT molecular complexity index is 1090. The van der Waals surface area contributed by atoms with Crippen molar-refractivity contribution < 1.29 is 0 Å². The van der Waals surface area contributed by atoms with Crippen molar-refractivity contribution in [1.82, 2.24) is 29.6 Å². The summed E-state index contributed by atoms with van der Waals surface area (Å²) >= 11 is 0. The van der Waals surface area contributed by atoms with Gasteiger partial charge >= 0.3 is 0 Å². The molecule has 0 aromatic carbocycles. The van der Waals surface area contributed by atoms with Crippen LogP contribution in [-0.4, -0.2) is 36.2 Å². The fraction of sp³-hybridized carbons (Fsp3) is 0.435. The maximum absolute atomic E-state index is 8.90. The van der Waals surface area contributed by atoms with Gasteiger partial charge in [0.25, 0.3) is 0 Å². The number of hydrogen-bond donors (Lipinski definition) is 1. The van der Waals surface area contributed by atoms with Gasteiger partial charge in [-0.05, 0) is 65.3 Å². The molecule has 1 aliphatic rings. The van der Waals surface area contributed by atoms with Gasteiger partial charge in [0.1, 0.15) is 11.8 Å². The lowest BCUT2D eigenvalue weighted by Crippen LogP contribution is -2.24. The van der Waals surface area contributed by atoms with E-state index < -0.39 is 0 Å². The topological polar surface area (TPSA) is 95.6 Å². The van der Waals surface area contributed by atoms with Crippen LogP contribution in [0.3, 0.4) is 0 Å². The lowest BCUT2D eigenvalue weighted by Gasteiger charge is -2.24. The molecule has 0 radical (unpaired) electrons. The summed E-state index contributed by atoms with van der Waals surface area (Å²) in [6.45, 7) is 10.5. The van der Waals surface area contributed by atoms with Gasteiger partial charge in [-0.25, -0.2) is 15.0 Å². The minimum absolute atomic E-state index is 0.254. The maximum Gasteiger partial charge on any atom is 0.227 e. The molecule has 0 unspecified atom stereocenters. The summed E-state index contributed by atoms with van der Waals surface area (Å²) < 4.78 is 2.12. The second-order valence-corrected chi connectivity index (χ2v) is 8.29. The number of nitriles is 1. The summed E-state index contributed by atoms with van der Waals surface area (Å²) in [7, 11) is 0. The van der Waals surface area contributed by atoms with Crippen molar-refractivity contribution >= 4 is 11.6 Å². The van der Waals surface area contributed by atoms with Crippen LogP contribution in [-0.2, 0) is 6.54 Å². The third kappa shape index (κ3) is 4.42. The summed E-state index contributed by atoms with van der Waals surface area (Å²) in [5.41, 5.74) is 5.83. The van der Waals surface area contributed by atoms with E-state index in [0.717, 1.165) is 43.0 Å². The highest BCUT2D eigenvalue weighted by Crippen LogP contribution is 2.33. The SMILES string of the molecule is Cc1nn(C(C)C)c(C)c1CN1CCC[C@@H]1c1ccnc(Nc2ccc(C#N)nc2)n1. The van der Waals surface area contributed by atoms with Crippen LogP contribution < -0.4 is 5.32 Å². The highest BCUT2D eigenvalue weighted by molar-refractivity contribution is 5.52. The number of nitrogens with zero attached hydrogens (tertiary/aromatic N) is 7. The number of likely N-dealkylation sites (tertiary alicyclic amines) is 1. The van der Waals surface area contributed by atoms with Crippen LogP contribution in [0.5, 0.6) is 0 Å². The van der Waals surface area contributed by atoms with E-state index in [4.69, 9.17) is 15.3 Å². The van der Waals surface area contributed by atoms with Crippen LogP contribution in [0.25, 0.3) is 0 Å². The van der Waals surface area contributed by atoms with E-state index in [2.05, 4.69) is 52.6 Å². The summed E-state index contributed by atoms with van der Waals surface area (Å²) in [4.78, 5) is 15.7. The molecule has 8 nitrogen and oxygen atoms in total. The van der Waals surface area contributed by atoms with Gasteiger partial charge in [0.15, 0.2) is 0 Å². The first kappa shape index (κ1) is 20.9. The monoisotopic (exact) mass is 416 g/mol. The van der Waals surface area contributed by atoms with Crippen molar-refractivity contribution in [3.8, 4) is 6.07 Å². The Kier molecular flexibility index (Phi) is 5.96. The molecule has 3 aromatic rings. The molecule has 1 atom stereocenters. The standard InChI is InChI=1S/C23H28N8/c1-15(2)31-17(4)20(16(3)29-31)14-30-11-5-6-22(30)21-9-10-25-23(28-21)27-19-8-7-18(12-24)26-13-19/h7-10,13,15,22H,5-6,11,14H2,1-4H3,(H,25,27,28)/t22-/m1/s1. The molecule has 1 saturated heterocycles. The summed E-state index contributed by atoms with van der Waals surface area (Å²) in [5.74, 6) is 0.538. The van der Waals surface area contributed by atoms with Crippen LogP contribution >= 0.6 is 0 Å². The highest BCUT2D eigenvalue weighted by Gasteiger charge is 2.29. The van der Waals surface area contributed by atoms with Gasteiger partial charge in [0, 0.05) is 30.0 Å². The third-order valence-corrected chi connectivity index (χ3v) is 5.84. The molecular weight excluding hydrogens is 388 g/mol. The van der Waals surface area contributed by atoms with Crippen molar-refractivity contribution in [1.29, 1.82) is 5.26 Å². The predicted molar refractivity (Wildman–Crippen MR) is 119 cm³/mol. The van der Waals surface area contributed by atoms with E-state index in [9.17, 15) is 0 Å². The number of pyridine rings is 1. The summed E-state index contributed by atoms with van der Waals surface area (Å²) in [6.07, 6.45) is 5.64. The average Bonchev–Trinajstić information content (AvgIpc) is 3.34. The Morgan fingerprint density at radius 3 is 2.74 bits per heavy atom. The number of rotatable bonds is 6. The van der Waals surface area contributed by atoms with Gasteiger partial charge in [-0.15, -0.1) is 0 Å². The quantitative estimate of drug-likeness (QED) is 0.643. The van der Waals surface area contributed by atoms with Gasteiger partial charge in [0.05, 0.1) is 29.3 Å². The number of aromatic nitrogens is 5. The number of aryl methyl sites for hydroxylation is 1. The van der Waals surface area contributed by atoms with Crippen LogP contribution in [0.2, 0.25) is 0 Å². The molecule has 160 valence electrons. The van der Waals surface area contributed by atoms with E-state index in [1.807, 2.05) is 12.1 Å². The van der Waals surface area contributed by atoms with Gasteiger partial charge < -0.3 is 5.32 Å². The highest BCUT2D eigenvalue weighted by atomic mass is 15.3. The van der Waals surface area contributed by atoms with Crippen molar-refractivity contribution in [3.05, 3.63) is 58.9 Å². The van der Waals surface area contributed by atoms with E-state index >= 15 is 0 Å². The largest absolute Gasteiger partial charge is 0.323 e. The molecule has 8 heteroatoms. The minimum atomic E-state index is 0.254. The summed E-state index contributed by atoms with van der Waals surface area (Å²) in [6, 6.07) is 8.11. The van der Waals surface area contributed by atoms with E-state index in [0.29, 0.717) is 17.7 Å². The maximum atomic E-state index is 8.90. The Balaban J connectivity index is 1.52. The Morgan fingerprint density at radius 1 is 1.23 bits per heavy atom.